The minimum atomic E-state index is -1.42. The first-order valence-corrected chi connectivity index (χ1v) is 14.6. The summed E-state index contributed by atoms with van der Waals surface area (Å²) >= 11 is 0. The summed E-state index contributed by atoms with van der Waals surface area (Å²) in [5, 5.41) is 14.5. The number of urea groups is 1. The number of carboxylic acids is 1. The number of rotatable bonds is 9. The smallest absolute Gasteiger partial charge is 0.335 e. The quantitative estimate of drug-likeness (QED) is 0.236. The van der Waals surface area contributed by atoms with Crippen molar-refractivity contribution in [2.45, 2.75) is 26.1 Å². The van der Waals surface area contributed by atoms with Crippen LogP contribution in [0.25, 0.3) is 0 Å². The Morgan fingerprint density at radius 2 is 1.63 bits per heavy atom. The van der Waals surface area contributed by atoms with Crippen molar-refractivity contribution in [3.8, 4) is 5.75 Å². The Labute approximate surface area is 266 Å². The van der Waals surface area contributed by atoms with Crippen LogP contribution in [0.3, 0.4) is 0 Å². The number of carbonyl (C=O) groups is 4. The molecular formula is C35H33N5O6. The number of nitrogens with zero attached hydrogens (tertiary/aromatic N) is 3. The maximum Gasteiger partial charge on any atom is 0.335 e. The van der Waals surface area contributed by atoms with Gasteiger partial charge in [-0.2, -0.15) is 0 Å². The molecule has 4 amide bonds. The molecule has 0 saturated heterocycles. The molecule has 5 rings (SSSR count). The highest BCUT2D eigenvalue weighted by molar-refractivity contribution is 6.21. The van der Waals surface area contributed by atoms with Crippen molar-refractivity contribution in [1.82, 2.24) is 5.32 Å². The average Bonchev–Trinajstić information content (AvgIpc) is 3.16. The SMILES string of the molecule is COc1ccc(N(C(=O)CN2C(=O)C(NC(=O)Nc3cccc(C(=O)O)c3)N=C(c3ccccc3)c3ccccc32)C(C)C)cc1. The zero-order chi connectivity index (χ0) is 32.8. The van der Waals surface area contributed by atoms with Crippen molar-refractivity contribution < 1.29 is 29.0 Å². The Morgan fingerprint density at radius 3 is 2.30 bits per heavy atom. The van der Waals surface area contributed by atoms with Crippen LogP contribution < -0.4 is 25.2 Å². The molecule has 3 N–H and O–H groups in total. The van der Waals surface area contributed by atoms with Gasteiger partial charge in [0.2, 0.25) is 12.1 Å². The third-order valence-corrected chi connectivity index (χ3v) is 7.32. The third kappa shape index (κ3) is 6.88. The van der Waals surface area contributed by atoms with E-state index in [-0.39, 0.29) is 29.7 Å². The molecule has 0 bridgehead atoms. The van der Waals surface area contributed by atoms with Crippen LogP contribution >= 0.6 is 0 Å². The fraction of sp³-hybridized carbons (Fsp3) is 0.171. The summed E-state index contributed by atoms with van der Waals surface area (Å²) in [6.07, 6.45) is -1.42. The van der Waals surface area contributed by atoms with Crippen LogP contribution in [0.15, 0.2) is 108 Å². The van der Waals surface area contributed by atoms with Gasteiger partial charge in [0.1, 0.15) is 12.3 Å². The highest BCUT2D eigenvalue weighted by Crippen LogP contribution is 2.29. The summed E-state index contributed by atoms with van der Waals surface area (Å²) in [5.41, 5.74) is 3.06. The van der Waals surface area contributed by atoms with Crippen molar-refractivity contribution in [3.05, 3.63) is 120 Å². The number of aromatic carboxylic acids is 1. The molecule has 1 aliphatic heterocycles. The van der Waals surface area contributed by atoms with Crippen molar-refractivity contribution in [2.24, 2.45) is 4.99 Å². The normalized spacial score (nSPS) is 14.1. The first-order valence-electron chi connectivity index (χ1n) is 14.6. The Balaban J connectivity index is 1.52. The highest BCUT2D eigenvalue weighted by Gasteiger charge is 2.35. The van der Waals surface area contributed by atoms with Crippen LogP contribution in [-0.4, -0.2) is 60.5 Å². The zero-order valence-corrected chi connectivity index (χ0v) is 25.5. The first-order chi connectivity index (χ1) is 22.2. The van der Waals surface area contributed by atoms with Crippen LogP contribution in [0, 0.1) is 0 Å². The number of ether oxygens (including phenoxy) is 1. The maximum atomic E-state index is 14.3. The van der Waals surface area contributed by atoms with E-state index in [2.05, 4.69) is 10.6 Å². The lowest BCUT2D eigenvalue weighted by Gasteiger charge is -2.31. The van der Waals surface area contributed by atoms with Crippen LogP contribution in [0.4, 0.5) is 21.9 Å². The van der Waals surface area contributed by atoms with Crippen LogP contribution in [0.2, 0.25) is 0 Å². The molecule has 11 heteroatoms. The lowest BCUT2D eigenvalue weighted by Crippen LogP contribution is -2.52. The van der Waals surface area contributed by atoms with Gasteiger partial charge in [0.15, 0.2) is 0 Å². The summed E-state index contributed by atoms with van der Waals surface area (Å²) in [4.78, 5) is 60.6. The third-order valence-electron chi connectivity index (χ3n) is 7.32. The van der Waals surface area contributed by atoms with E-state index in [0.717, 1.165) is 0 Å². The molecule has 1 unspecified atom stereocenters. The Kier molecular flexibility index (Phi) is 9.41. The van der Waals surface area contributed by atoms with E-state index in [0.29, 0.717) is 34.0 Å². The number of para-hydroxylation sites is 1. The summed E-state index contributed by atoms with van der Waals surface area (Å²) in [7, 11) is 1.56. The Hall–Kier alpha value is -5.97. The van der Waals surface area contributed by atoms with Gasteiger partial charge in [0.25, 0.3) is 5.91 Å². The van der Waals surface area contributed by atoms with Crippen molar-refractivity contribution in [3.63, 3.8) is 0 Å². The number of benzodiazepines with no additional fused rings is 1. The van der Waals surface area contributed by atoms with E-state index in [9.17, 15) is 24.3 Å². The van der Waals surface area contributed by atoms with Gasteiger partial charge in [-0.3, -0.25) is 14.5 Å². The second kappa shape index (κ2) is 13.8. The number of hydrogen-bond donors (Lipinski definition) is 3. The molecule has 0 radical (unpaired) electrons. The van der Waals surface area contributed by atoms with Gasteiger partial charge in [-0.1, -0.05) is 54.6 Å². The summed E-state index contributed by atoms with van der Waals surface area (Å²) in [6.45, 7) is 3.42. The van der Waals surface area contributed by atoms with Gasteiger partial charge in [-0.15, -0.1) is 0 Å². The molecule has 1 aliphatic rings. The van der Waals surface area contributed by atoms with E-state index in [1.54, 1.807) is 48.4 Å². The first kappa shape index (κ1) is 31.5. The molecule has 1 heterocycles. The van der Waals surface area contributed by atoms with Gasteiger partial charge < -0.3 is 25.4 Å². The van der Waals surface area contributed by atoms with E-state index >= 15 is 0 Å². The Morgan fingerprint density at radius 1 is 0.935 bits per heavy atom. The van der Waals surface area contributed by atoms with Crippen LogP contribution in [0.5, 0.6) is 5.75 Å². The number of nitrogens with one attached hydrogen (secondary N) is 2. The van der Waals surface area contributed by atoms with Crippen LogP contribution in [0.1, 0.15) is 35.3 Å². The predicted octanol–water partition coefficient (Wildman–Crippen LogP) is 5.17. The molecule has 0 aromatic heterocycles. The number of carbonyl (C=O) groups excluding carboxylic acids is 3. The van der Waals surface area contributed by atoms with Crippen molar-refractivity contribution in [1.29, 1.82) is 0 Å². The summed E-state index contributed by atoms with van der Waals surface area (Å²) < 4.78 is 5.27. The number of methoxy groups -OCH3 is 1. The number of anilines is 3. The minimum absolute atomic E-state index is 0.0144. The summed E-state index contributed by atoms with van der Waals surface area (Å²) in [6, 6.07) is 28.2. The molecule has 0 aliphatic carbocycles. The molecule has 4 aromatic carbocycles. The van der Waals surface area contributed by atoms with Gasteiger partial charge >= 0.3 is 12.0 Å². The number of hydrogen-bond acceptors (Lipinski definition) is 6. The molecule has 0 fully saturated rings. The number of amides is 4. The van der Waals surface area contributed by atoms with E-state index in [1.165, 1.54) is 29.2 Å². The molecule has 4 aromatic rings. The van der Waals surface area contributed by atoms with Gasteiger partial charge in [-0.05, 0) is 62.4 Å². The van der Waals surface area contributed by atoms with Gasteiger partial charge in [0, 0.05) is 28.5 Å². The lowest BCUT2D eigenvalue weighted by molar-refractivity contribution is -0.123. The minimum Gasteiger partial charge on any atom is -0.497 e. The molecule has 1 atom stereocenters. The molecule has 46 heavy (non-hydrogen) atoms. The fourth-order valence-corrected chi connectivity index (χ4v) is 5.22. The number of benzene rings is 4. The average molecular weight is 620 g/mol. The molecule has 234 valence electrons. The monoisotopic (exact) mass is 619 g/mol. The van der Waals surface area contributed by atoms with Gasteiger partial charge in [0.05, 0.1) is 24.1 Å². The van der Waals surface area contributed by atoms with Crippen molar-refractivity contribution in [2.75, 3.05) is 28.8 Å². The second-order valence-electron chi connectivity index (χ2n) is 10.7. The van der Waals surface area contributed by atoms with E-state index in [1.807, 2.05) is 56.3 Å². The summed E-state index contributed by atoms with van der Waals surface area (Å²) in [5.74, 6) is -1.48. The zero-order valence-electron chi connectivity index (χ0n) is 25.5. The lowest BCUT2D eigenvalue weighted by atomic mass is 10.0. The molecular weight excluding hydrogens is 586 g/mol. The number of carboxylic acid groups (broad SMARTS) is 1. The van der Waals surface area contributed by atoms with Crippen molar-refractivity contribution >= 4 is 46.6 Å². The molecule has 0 spiro atoms. The second-order valence-corrected chi connectivity index (χ2v) is 10.7. The molecule has 0 saturated carbocycles. The Bertz CT molecular complexity index is 1790. The van der Waals surface area contributed by atoms with Gasteiger partial charge in [-0.25, -0.2) is 14.6 Å². The fourth-order valence-electron chi connectivity index (χ4n) is 5.22. The van der Waals surface area contributed by atoms with E-state index in [4.69, 9.17) is 9.73 Å². The standard InChI is InChI=1S/C35H33N5O6/c1-22(2)40(26-16-18-27(46-3)19-17-26)30(41)21-39-29-15-8-7-14-28(29)31(23-10-5-4-6-11-23)37-32(33(39)42)38-35(45)36-25-13-9-12-24(20-25)34(43)44/h4-20,22,32H,21H2,1-3H3,(H,43,44)(H2,36,38,45). The molecule has 11 nitrogen and oxygen atoms in total. The van der Waals surface area contributed by atoms with E-state index < -0.39 is 24.1 Å². The number of fused-ring (bicyclic) bond motifs is 1. The largest absolute Gasteiger partial charge is 0.497 e. The predicted molar refractivity (Wildman–Crippen MR) is 176 cm³/mol. The maximum absolute atomic E-state index is 14.3. The topological polar surface area (TPSA) is 141 Å². The number of aliphatic imine (C=N–C) groups is 1. The highest BCUT2D eigenvalue weighted by atomic mass is 16.5. The van der Waals surface area contributed by atoms with Crippen LogP contribution in [-0.2, 0) is 9.59 Å².